The number of nitrogens with one attached hydrogen (secondary N) is 1. The van der Waals surface area contributed by atoms with Crippen molar-refractivity contribution in [3.8, 4) is 0 Å². The normalized spacial score (nSPS) is 24.4. The molecule has 1 aliphatic rings. The van der Waals surface area contributed by atoms with Crippen molar-refractivity contribution in [1.82, 2.24) is 15.2 Å². The number of rotatable bonds is 5. The topological polar surface area (TPSA) is 28.2 Å². The molecule has 100 valence electrons. The Labute approximate surface area is 111 Å². The molecule has 3 heteroatoms. The summed E-state index contributed by atoms with van der Waals surface area (Å²) in [7, 11) is 2.23. The van der Waals surface area contributed by atoms with Crippen molar-refractivity contribution in [2.24, 2.45) is 0 Å². The third kappa shape index (κ3) is 3.79. The fourth-order valence-corrected chi connectivity index (χ4v) is 2.91. The number of pyridine rings is 1. The third-order valence-corrected chi connectivity index (χ3v) is 3.90. The van der Waals surface area contributed by atoms with E-state index in [1.165, 1.54) is 31.4 Å². The van der Waals surface area contributed by atoms with Gasteiger partial charge in [0.2, 0.25) is 0 Å². The Kier molecular flexibility index (Phi) is 5.14. The molecule has 2 unspecified atom stereocenters. The molecule has 1 fully saturated rings. The van der Waals surface area contributed by atoms with Gasteiger partial charge in [0.15, 0.2) is 0 Å². The molecule has 1 saturated carbocycles. The van der Waals surface area contributed by atoms with Crippen LogP contribution in [0.25, 0.3) is 0 Å². The quantitative estimate of drug-likeness (QED) is 0.866. The van der Waals surface area contributed by atoms with E-state index in [1.54, 1.807) is 0 Å². The second-order valence-electron chi connectivity index (χ2n) is 5.31. The van der Waals surface area contributed by atoms with Gasteiger partial charge in [0.25, 0.3) is 0 Å². The zero-order valence-electron chi connectivity index (χ0n) is 11.6. The summed E-state index contributed by atoms with van der Waals surface area (Å²) in [5, 5.41) is 3.59. The first-order chi connectivity index (χ1) is 8.79. The van der Waals surface area contributed by atoms with Crippen LogP contribution in [0.2, 0.25) is 0 Å². The van der Waals surface area contributed by atoms with Crippen molar-refractivity contribution < 1.29 is 0 Å². The Morgan fingerprint density at radius 2 is 2.28 bits per heavy atom. The lowest BCUT2D eigenvalue weighted by molar-refractivity contribution is 0.162. The Bertz CT molecular complexity index is 337. The van der Waals surface area contributed by atoms with Crippen molar-refractivity contribution in [2.45, 2.75) is 51.2 Å². The van der Waals surface area contributed by atoms with Crippen LogP contribution in [0.3, 0.4) is 0 Å². The van der Waals surface area contributed by atoms with Gasteiger partial charge < -0.3 is 5.32 Å². The van der Waals surface area contributed by atoms with Crippen molar-refractivity contribution in [2.75, 3.05) is 13.6 Å². The van der Waals surface area contributed by atoms with Crippen LogP contribution in [0, 0.1) is 0 Å². The molecular formula is C15H25N3. The highest BCUT2D eigenvalue weighted by Crippen LogP contribution is 2.23. The number of aromatic nitrogens is 1. The zero-order valence-corrected chi connectivity index (χ0v) is 11.6. The predicted octanol–water partition coefficient (Wildman–Crippen LogP) is 2.43. The molecule has 2 atom stereocenters. The van der Waals surface area contributed by atoms with Crippen LogP contribution in [0.5, 0.6) is 0 Å². The summed E-state index contributed by atoms with van der Waals surface area (Å²) in [4.78, 5) is 6.88. The first-order valence-corrected chi connectivity index (χ1v) is 7.13. The minimum atomic E-state index is 0.699. The lowest BCUT2D eigenvalue weighted by atomic mass is 9.90. The maximum atomic E-state index is 4.41. The SMILES string of the molecule is CCNC1CCCC(N(C)Cc2ccccn2)C1. The van der Waals surface area contributed by atoms with E-state index in [0.717, 1.165) is 13.1 Å². The molecule has 0 bridgehead atoms. The van der Waals surface area contributed by atoms with E-state index in [1.807, 2.05) is 12.3 Å². The molecule has 3 nitrogen and oxygen atoms in total. The number of nitrogens with zero attached hydrogens (tertiary/aromatic N) is 2. The molecule has 1 aromatic rings. The first-order valence-electron chi connectivity index (χ1n) is 7.13. The van der Waals surface area contributed by atoms with Gasteiger partial charge in [-0.1, -0.05) is 19.4 Å². The number of hydrogen-bond donors (Lipinski definition) is 1. The van der Waals surface area contributed by atoms with Gasteiger partial charge in [-0.2, -0.15) is 0 Å². The summed E-state index contributed by atoms with van der Waals surface area (Å²) in [6.45, 7) is 4.24. The summed E-state index contributed by atoms with van der Waals surface area (Å²) in [5.74, 6) is 0. The molecule has 2 rings (SSSR count). The maximum absolute atomic E-state index is 4.41. The highest BCUT2D eigenvalue weighted by Gasteiger charge is 2.24. The van der Waals surface area contributed by atoms with Gasteiger partial charge in [0.05, 0.1) is 5.69 Å². The van der Waals surface area contributed by atoms with E-state index in [0.29, 0.717) is 12.1 Å². The Morgan fingerprint density at radius 3 is 3.00 bits per heavy atom. The van der Waals surface area contributed by atoms with E-state index in [4.69, 9.17) is 0 Å². The summed E-state index contributed by atoms with van der Waals surface area (Å²) < 4.78 is 0. The van der Waals surface area contributed by atoms with Crippen molar-refractivity contribution in [1.29, 1.82) is 0 Å². The second-order valence-corrected chi connectivity index (χ2v) is 5.31. The van der Waals surface area contributed by atoms with Crippen LogP contribution in [-0.2, 0) is 6.54 Å². The lowest BCUT2D eigenvalue weighted by Gasteiger charge is -2.35. The fraction of sp³-hybridized carbons (Fsp3) is 0.667. The lowest BCUT2D eigenvalue weighted by Crippen LogP contribution is -2.42. The van der Waals surface area contributed by atoms with E-state index in [2.05, 4.69) is 41.3 Å². The van der Waals surface area contributed by atoms with Crippen LogP contribution in [0.15, 0.2) is 24.4 Å². The van der Waals surface area contributed by atoms with Gasteiger partial charge in [-0.25, -0.2) is 0 Å². The van der Waals surface area contributed by atoms with Crippen LogP contribution in [-0.4, -0.2) is 35.6 Å². The average molecular weight is 247 g/mol. The van der Waals surface area contributed by atoms with Crippen molar-refractivity contribution >= 4 is 0 Å². The molecule has 1 N–H and O–H groups in total. The van der Waals surface area contributed by atoms with Gasteiger partial charge >= 0.3 is 0 Å². The van der Waals surface area contributed by atoms with Crippen molar-refractivity contribution in [3.63, 3.8) is 0 Å². The van der Waals surface area contributed by atoms with Gasteiger partial charge in [0, 0.05) is 24.8 Å². The van der Waals surface area contributed by atoms with E-state index in [-0.39, 0.29) is 0 Å². The molecule has 1 heterocycles. The average Bonchev–Trinajstić information content (AvgIpc) is 2.40. The third-order valence-electron chi connectivity index (χ3n) is 3.90. The first kappa shape index (κ1) is 13.5. The second kappa shape index (κ2) is 6.86. The molecule has 0 spiro atoms. The maximum Gasteiger partial charge on any atom is 0.0543 e. The van der Waals surface area contributed by atoms with Gasteiger partial charge in [0.1, 0.15) is 0 Å². The molecule has 0 radical (unpaired) electrons. The largest absolute Gasteiger partial charge is 0.314 e. The molecule has 18 heavy (non-hydrogen) atoms. The predicted molar refractivity (Wildman–Crippen MR) is 75.4 cm³/mol. The molecule has 0 aromatic carbocycles. The molecule has 1 aliphatic carbocycles. The summed E-state index contributed by atoms with van der Waals surface area (Å²) in [5.41, 5.74) is 1.17. The highest BCUT2D eigenvalue weighted by molar-refractivity contribution is 5.03. The van der Waals surface area contributed by atoms with Crippen LogP contribution in [0.4, 0.5) is 0 Å². The Hall–Kier alpha value is -0.930. The minimum Gasteiger partial charge on any atom is -0.314 e. The van der Waals surface area contributed by atoms with E-state index >= 15 is 0 Å². The molecular weight excluding hydrogens is 222 g/mol. The van der Waals surface area contributed by atoms with Gasteiger partial charge in [-0.05, 0) is 45.0 Å². The van der Waals surface area contributed by atoms with E-state index < -0.39 is 0 Å². The molecule has 0 saturated heterocycles. The smallest absolute Gasteiger partial charge is 0.0543 e. The Balaban J connectivity index is 1.86. The zero-order chi connectivity index (χ0) is 12.8. The summed E-state index contributed by atoms with van der Waals surface area (Å²) in [6, 6.07) is 7.56. The van der Waals surface area contributed by atoms with E-state index in [9.17, 15) is 0 Å². The minimum absolute atomic E-state index is 0.699. The van der Waals surface area contributed by atoms with Crippen LogP contribution < -0.4 is 5.32 Å². The standard InChI is InChI=1S/C15H25N3/c1-3-16-13-8-6-9-15(11-13)18(2)12-14-7-4-5-10-17-14/h4-5,7,10,13,15-16H,3,6,8-9,11-12H2,1-2H3. The van der Waals surface area contributed by atoms with Crippen molar-refractivity contribution in [3.05, 3.63) is 30.1 Å². The van der Waals surface area contributed by atoms with Crippen LogP contribution in [0.1, 0.15) is 38.3 Å². The fourth-order valence-electron chi connectivity index (χ4n) is 2.91. The van der Waals surface area contributed by atoms with Crippen LogP contribution >= 0.6 is 0 Å². The molecule has 1 aromatic heterocycles. The number of hydrogen-bond acceptors (Lipinski definition) is 3. The molecule has 0 amide bonds. The van der Waals surface area contributed by atoms with Gasteiger partial charge in [-0.3, -0.25) is 9.88 Å². The highest BCUT2D eigenvalue weighted by atomic mass is 15.1. The summed E-state index contributed by atoms with van der Waals surface area (Å²) >= 11 is 0. The molecule has 0 aliphatic heterocycles. The summed E-state index contributed by atoms with van der Waals surface area (Å²) in [6.07, 6.45) is 7.16. The van der Waals surface area contributed by atoms with Gasteiger partial charge in [-0.15, -0.1) is 0 Å². The Morgan fingerprint density at radius 1 is 1.39 bits per heavy atom. The monoisotopic (exact) mass is 247 g/mol.